The van der Waals surface area contributed by atoms with Gasteiger partial charge in [-0.15, -0.1) is 0 Å². The Morgan fingerprint density at radius 2 is 2.04 bits per heavy atom. The highest BCUT2D eigenvalue weighted by Gasteiger charge is 2.48. The van der Waals surface area contributed by atoms with Gasteiger partial charge >= 0.3 is 6.09 Å². The van der Waals surface area contributed by atoms with Crippen LogP contribution in [0.2, 0.25) is 0 Å². The van der Waals surface area contributed by atoms with Crippen molar-refractivity contribution in [1.29, 1.82) is 5.26 Å². The van der Waals surface area contributed by atoms with Crippen LogP contribution >= 0.6 is 0 Å². The summed E-state index contributed by atoms with van der Waals surface area (Å²) in [5.41, 5.74) is 0.349. The fraction of sp³-hybridized carbons (Fsp3) is 0.550. The van der Waals surface area contributed by atoms with Crippen LogP contribution in [0.1, 0.15) is 55.5 Å². The highest BCUT2D eigenvalue weighted by Crippen LogP contribution is 2.35. The predicted octanol–water partition coefficient (Wildman–Crippen LogP) is 3.17. The van der Waals surface area contributed by atoms with Gasteiger partial charge in [-0.2, -0.15) is 5.26 Å². The molecule has 6 nitrogen and oxygen atoms in total. The van der Waals surface area contributed by atoms with Gasteiger partial charge in [-0.3, -0.25) is 4.79 Å². The summed E-state index contributed by atoms with van der Waals surface area (Å²) in [6.45, 7) is 5.83. The monoisotopic (exact) mass is 355 g/mol. The Balaban J connectivity index is 1.65. The molecule has 2 saturated heterocycles. The van der Waals surface area contributed by atoms with Gasteiger partial charge in [0.15, 0.2) is 0 Å². The van der Waals surface area contributed by atoms with Crippen molar-refractivity contribution in [1.82, 2.24) is 9.80 Å². The topological polar surface area (TPSA) is 73.6 Å². The highest BCUT2D eigenvalue weighted by atomic mass is 16.6. The molecule has 0 radical (unpaired) electrons. The molecular weight excluding hydrogens is 330 g/mol. The number of carbonyl (C=O) groups excluding carboxylic acids is 2. The van der Waals surface area contributed by atoms with Crippen LogP contribution in [0.4, 0.5) is 4.79 Å². The molecule has 1 aromatic rings. The molecular formula is C20H25N3O3. The molecule has 6 heteroatoms. The standard InChI is InChI=1S/C20H25N3O3/c1-3-6-15(2)23-14-20(26-19(23)25)9-11-22(12-10-20)18(24)17-8-5-4-7-16(17)13-21/h4-5,7-8,15H,3,6,9-12,14H2,1-2H3/t15-/m0/s1. The van der Waals surface area contributed by atoms with E-state index in [0.717, 1.165) is 12.8 Å². The average molecular weight is 355 g/mol. The predicted molar refractivity (Wildman–Crippen MR) is 96.6 cm³/mol. The van der Waals surface area contributed by atoms with Crippen LogP contribution in [0.5, 0.6) is 0 Å². The molecule has 1 spiro atoms. The molecule has 3 rings (SSSR count). The Bertz CT molecular complexity index is 732. The van der Waals surface area contributed by atoms with E-state index in [9.17, 15) is 14.9 Å². The first kappa shape index (κ1) is 18.2. The average Bonchev–Trinajstić information content (AvgIpc) is 2.98. The zero-order chi connectivity index (χ0) is 18.7. The Morgan fingerprint density at radius 3 is 2.69 bits per heavy atom. The number of nitrogens with zero attached hydrogens (tertiary/aromatic N) is 3. The molecule has 0 aromatic heterocycles. The third-order valence-electron chi connectivity index (χ3n) is 5.48. The summed E-state index contributed by atoms with van der Waals surface area (Å²) >= 11 is 0. The maximum atomic E-state index is 12.8. The molecule has 2 aliphatic rings. The Kier molecular flexibility index (Phi) is 5.17. The van der Waals surface area contributed by atoms with Crippen molar-refractivity contribution in [2.24, 2.45) is 0 Å². The van der Waals surface area contributed by atoms with Gasteiger partial charge in [0, 0.05) is 32.0 Å². The molecule has 138 valence electrons. The van der Waals surface area contributed by atoms with Crippen LogP contribution < -0.4 is 0 Å². The summed E-state index contributed by atoms with van der Waals surface area (Å²) in [5.74, 6) is -0.127. The molecule has 0 aliphatic carbocycles. The molecule has 2 fully saturated rings. The van der Waals surface area contributed by atoms with E-state index in [1.165, 1.54) is 0 Å². The molecule has 0 N–H and O–H groups in total. The normalized spacial score (nSPS) is 20.0. The summed E-state index contributed by atoms with van der Waals surface area (Å²) in [5, 5.41) is 9.20. The molecule has 0 unspecified atom stereocenters. The van der Waals surface area contributed by atoms with E-state index in [2.05, 4.69) is 19.9 Å². The second-order valence-electron chi connectivity index (χ2n) is 7.27. The molecule has 2 heterocycles. The first-order valence-electron chi connectivity index (χ1n) is 9.27. The van der Waals surface area contributed by atoms with Crippen molar-refractivity contribution in [2.45, 2.75) is 51.2 Å². The minimum atomic E-state index is -0.482. The van der Waals surface area contributed by atoms with Gasteiger partial charge in [-0.05, 0) is 25.5 Å². The maximum absolute atomic E-state index is 12.8. The van der Waals surface area contributed by atoms with Gasteiger partial charge in [0.1, 0.15) is 5.60 Å². The second kappa shape index (κ2) is 7.36. The maximum Gasteiger partial charge on any atom is 0.410 e. The zero-order valence-electron chi connectivity index (χ0n) is 15.4. The second-order valence-corrected chi connectivity index (χ2v) is 7.27. The lowest BCUT2D eigenvalue weighted by molar-refractivity contribution is 0.00306. The number of piperidine rings is 1. The zero-order valence-corrected chi connectivity index (χ0v) is 15.4. The van der Waals surface area contributed by atoms with Crippen LogP contribution in [0.15, 0.2) is 24.3 Å². The van der Waals surface area contributed by atoms with Crippen LogP contribution in [0, 0.1) is 11.3 Å². The summed E-state index contributed by atoms with van der Waals surface area (Å²) in [6.07, 6.45) is 3.02. The van der Waals surface area contributed by atoms with Crippen LogP contribution in [-0.2, 0) is 4.74 Å². The molecule has 1 atom stereocenters. The summed E-state index contributed by atoms with van der Waals surface area (Å²) in [7, 11) is 0. The number of amides is 2. The molecule has 0 bridgehead atoms. The SMILES string of the molecule is CCC[C@H](C)N1CC2(CCN(C(=O)c3ccccc3C#N)CC2)OC1=O. The van der Waals surface area contributed by atoms with E-state index >= 15 is 0 Å². The van der Waals surface area contributed by atoms with Gasteiger partial charge in [0.2, 0.25) is 0 Å². The number of likely N-dealkylation sites (tertiary alicyclic amines) is 1. The van der Waals surface area contributed by atoms with E-state index < -0.39 is 5.60 Å². The first-order valence-corrected chi connectivity index (χ1v) is 9.27. The lowest BCUT2D eigenvalue weighted by atomic mass is 9.90. The van der Waals surface area contributed by atoms with Crippen LogP contribution in [-0.4, -0.2) is 53.1 Å². The van der Waals surface area contributed by atoms with E-state index in [-0.39, 0.29) is 18.0 Å². The third kappa shape index (κ3) is 3.39. The minimum Gasteiger partial charge on any atom is -0.441 e. The molecule has 0 saturated carbocycles. The van der Waals surface area contributed by atoms with Crippen LogP contribution in [0.25, 0.3) is 0 Å². The van der Waals surface area contributed by atoms with E-state index in [4.69, 9.17) is 4.74 Å². The van der Waals surface area contributed by atoms with Crippen LogP contribution in [0.3, 0.4) is 0 Å². The lowest BCUT2D eigenvalue weighted by Crippen LogP contribution is -2.49. The fourth-order valence-corrected chi connectivity index (χ4v) is 3.88. The number of benzene rings is 1. The highest BCUT2D eigenvalue weighted by molar-refractivity contribution is 5.96. The van der Waals surface area contributed by atoms with Crippen molar-refractivity contribution in [3.8, 4) is 6.07 Å². The Labute approximate surface area is 154 Å². The van der Waals surface area contributed by atoms with Crippen molar-refractivity contribution in [3.05, 3.63) is 35.4 Å². The van der Waals surface area contributed by atoms with Gasteiger partial charge in [-0.1, -0.05) is 25.5 Å². The van der Waals surface area contributed by atoms with E-state index in [0.29, 0.717) is 43.6 Å². The Hall–Kier alpha value is -2.55. The van der Waals surface area contributed by atoms with Gasteiger partial charge < -0.3 is 14.5 Å². The Morgan fingerprint density at radius 1 is 1.35 bits per heavy atom. The number of ether oxygens (including phenoxy) is 1. The fourth-order valence-electron chi connectivity index (χ4n) is 3.88. The van der Waals surface area contributed by atoms with Crippen molar-refractivity contribution >= 4 is 12.0 Å². The summed E-state index contributed by atoms with van der Waals surface area (Å²) < 4.78 is 5.75. The molecule has 26 heavy (non-hydrogen) atoms. The number of hydrogen-bond acceptors (Lipinski definition) is 4. The van der Waals surface area contributed by atoms with Gasteiger partial charge in [0.05, 0.1) is 23.7 Å². The number of nitriles is 1. The number of carbonyl (C=O) groups is 2. The molecule has 1 aromatic carbocycles. The molecule has 2 amide bonds. The first-order chi connectivity index (χ1) is 12.5. The van der Waals surface area contributed by atoms with E-state index in [1.807, 2.05) is 4.90 Å². The minimum absolute atomic E-state index is 0.127. The number of hydrogen-bond donors (Lipinski definition) is 0. The summed E-state index contributed by atoms with van der Waals surface area (Å²) in [6, 6.07) is 9.12. The number of rotatable bonds is 4. The quantitative estimate of drug-likeness (QED) is 0.831. The van der Waals surface area contributed by atoms with Crippen molar-refractivity contribution < 1.29 is 14.3 Å². The lowest BCUT2D eigenvalue weighted by Gasteiger charge is -2.37. The van der Waals surface area contributed by atoms with E-state index in [1.54, 1.807) is 29.2 Å². The largest absolute Gasteiger partial charge is 0.441 e. The third-order valence-corrected chi connectivity index (χ3v) is 5.48. The van der Waals surface area contributed by atoms with Crippen molar-refractivity contribution in [3.63, 3.8) is 0 Å². The van der Waals surface area contributed by atoms with Crippen molar-refractivity contribution in [2.75, 3.05) is 19.6 Å². The summed E-state index contributed by atoms with van der Waals surface area (Å²) in [4.78, 5) is 28.6. The smallest absolute Gasteiger partial charge is 0.410 e. The van der Waals surface area contributed by atoms with Gasteiger partial charge in [-0.25, -0.2) is 4.79 Å². The van der Waals surface area contributed by atoms with Gasteiger partial charge in [0.25, 0.3) is 5.91 Å². The molecule has 2 aliphatic heterocycles.